The van der Waals surface area contributed by atoms with Crippen LogP contribution in [0.5, 0.6) is 0 Å². The smallest absolute Gasteiger partial charge is 0.0197 e. The highest BCUT2D eigenvalue weighted by atomic mass is 15.1. The number of hydrogen-bond acceptors (Lipinski definition) is 1. The van der Waals surface area contributed by atoms with Crippen molar-refractivity contribution in [2.75, 3.05) is 13.6 Å². The Hall–Kier alpha value is -0.720. The van der Waals surface area contributed by atoms with Crippen molar-refractivity contribution in [1.29, 1.82) is 0 Å². The molecule has 0 N–H and O–H groups in total. The molecule has 0 spiro atoms. The van der Waals surface area contributed by atoms with Crippen molar-refractivity contribution < 1.29 is 0 Å². The number of rotatable bonds is 5. The Labute approximate surface area is 76.8 Å². The molecule has 1 heteroatoms. The fourth-order valence-electron chi connectivity index (χ4n) is 1.04. The van der Waals surface area contributed by atoms with Gasteiger partial charge in [0.2, 0.25) is 0 Å². The predicted molar refractivity (Wildman–Crippen MR) is 56.0 cm³/mol. The van der Waals surface area contributed by atoms with Crippen LogP contribution < -0.4 is 0 Å². The molecule has 12 heavy (non-hydrogen) atoms. The number of allylic oxidation sites excluding steroid dienone is 3. The summed E-state index contributed by atoms with van der Waals surface area (Å²) in [5, 5.41) is 0. The average Bonchev–Trinajstić information content (AvgIpc) is 2.04. The minimum absolute atomic E-state index is 0.767. The molecule has 0 aromatic heterocycles. The fraction of sp³-hybridized carbons (Fsp3) is 0.636. The van der Waals surface area contributed by atoms with Gasteiger partial charge in [0.25, 0.3) is 0 Å². The molecule has 0 rings (SSSR count). The molecule has 0 heterocycles. The quantitative estimate of drug-likeness (QED) is 0.569. The van der Waals surface area contributed by atoms with Gasteiger partial charge in [0.1, 0.15) is 0 Å². The van der Waals surface area contributed by atoms with E-state index >= 15 is 0 Å². The molecule has 70 valence electrons. The average molecular weight is 167 g/mol. The Bertz CT molecular complexity index is 158. The maximum absolute atomic E-state index is 3.68. The van der Waals surface area contributed by atoms with Crippen LogP contribution in [0, 0.1) is 5.92 Å². The number of hydrogen-bond donors (Lipinski definition) is 0. The van der Waals surface area contributed by atoms with E-state index in [1.165, 1.54) is 12.1 Å². The van der Waals surface area contributed by atoms with E-state index in [0.29, 0.717) is 0 Å². The first-order chi connectivity index (χ1) is 5.61. The van der Waals surface area contributed by atoms with Crippen LogP contribution in [-0.2, 0) is 0 Å². The van der Waals surface area contributed by atoms with Crippen molar-refractivity contribution in [2.24, 2.45) is 5.92 Å². The van der Waals surface area contributed by atoms with Gasteiger partial charge in [-0.25, -0.2) is 0 Å². The van der Waals surface area contributed by atoms with E-state index in [4.69, 9.17) is 0 Å². The van der Waals surface area contributed by atoms with E-state index in [1.807, 2.05) is 12.2 Å². The van der Waals surface area contributed by atoms with Gasteiger partial charge in [-0.1, -0.05) is 32.9 Å². The zero-order valence-electron chi connectivity index (χ0n) is 8.80. The maximum Gasteiger partial charge on any atom is 0.0197 e. The van der Waals surface area contributed by atoms with Gasteiger partial charge in [0.05, 0.1) is 0 Å². The summed E-state index contributed by atoms with van der Waals surface area (Å²) in [6.45, 7) is 11.4. The molecule has 0 aromatic carbocycles. The Morgan fingerprint density at radius 3 is 2.58 bits per heavy atom. The lowest BCUT2D eigenvalue weighted by Crippen LogP contribution is -2.22. The summed E-state index contributed by atoms with van der Waals surface area (Å²) in [7, 11) is 2.13. The minimum Gasteiger partial charge on any atom is -0.378 e. The molecular formula is C11H21N. The van der Waals surface area contributed by atoms with Gasteiger partial charge in [-0.3, -0.25) is 0 Å². The van der Waals surface area contributed by atoms with Crippen LogP contribution in [-0.4, -0.2) is 18.5 Å². The van der Waals surface area contributed by atoms with E-state index in [9.17, 15) is 0 Å². The van der Waals surface area contributed by atoms with Crippen LogP contribution in [0.15, 0.2) is 24.4 Å². The second kappa shape index (κ2) is 5.87. The molecule has 0 saturated carbocycles. The SMILES string of the molecule is C=C/C=C(\C)N(C)CC(C)CC. The molecule has 0 aliphatic carbocycles. The Morgan fingerprint density at radius 1 is 1.58 bits per heavy atom. The van der Waals surface area contributed by atoms with E-state index in [0.717, 1.165) is 12.5 Å². The predicted octanol–water partition coefficient (Wildman–Crippen LogP) is 3.05. The first-order valence-electron chi connectivity index (χ1n) is 4.62. The van der Waals surface area contributed by atoms with Crippen molar-refractivity contribution in [1.82, 2.24) is 4.90 Å². The van der Waals surface area contributed by atoms with Gasteiger partial charge in [0.15, 0.2) is 0 Å². The van der Waals surface area contributed by atoms with Gasteiger partial charge < -0.3 is 4.90 Å². The first kappa shape index (κ1) is 11.3. The molecule has 0 aliphatic heterocycles. The summed E-state index contributed by atoms with van der Waals surface area (Å²) >= 11 is 0. The minimum atomic E-state index is 0.767. The molecule has 0 saturated heterocycles. The maximum atomic E-state index is 3.68. The summed E-state index contributed by atoms with van der Waals surface area (Å²) < 4.78 is 0. The molecule has 1 atom stereocenters. The summed E-state index contributed by atoms with van der Waals surface area (Å²) in [6, 6.07) is 0. The van der Waals surface area contributed by atoms with Gasteiger partial charge in [0, 0.05) is 19.3 Å². The highest BCUT2D eigenvalue weighted by molar-refractivity contribution is 5.06. The van der Waals surface area contributed by atoms with Crippen molar-refractivity contribution >= 4 is 0 Å². The molecule has 0 bridgehead atoms. The molecule has 1 unspecified atom stereocenters. The van der Waals surface area contributed by atoms with Crippen LogP contribution in [0.25, 0.3) is 0 Å². The van der Waals surface area contributed by atoms with E-state index in [1.54, 1.807) is 0 Å². The molecule has 0 aliphatic rings. The molecular weight excluding hydrogens is 146 g/mol. The zero-order valence-corrected chi connectivity index (χ0v) is 8.80. The van der Waals surface area contributed by atoms with Crippen LogP contribution in [0.1, 0.15) is 27.2 Å². The van der Waals surface area contributed by atoms with E-state index < -0.39 is 0 Å². The third-order valence-electron chi connectivity index (χ3n) is 2.24. The topological polar surface area (TPSA) is 3.24 Å². The van der Waals surface area contributed by atoms with Crippen LogP contribution >= 0.6 is 0 Å². The third kappa shape index (κ3) is 4.22. The summed E-state index contributed by atoms with van der Waals surface area (Å²) in [5.41, 5.74) is 1.28. The van der Waals surface area contributed by atoms with Crippen molar-refractivity contribution in [3.63, 3.8) is 0 Å². The second-order valence-corrected chi connectivity index (χ2v) is 3.44. The first-order valence-corrected chi connectivity index (χ1v) is 4.62. The van der Waals surface area contributed by atoms with Crippen LogP contribution in [0.3, 0.4) is 0 Å². The standard InChI is InChI=1S/C11H21N/c1-6-8-11(4)12(5)9-10(3)7-2/h6,8,10H,1,7,9H2,2-5H3/b11-8+. The summed E-state index contributed by atoms with van der Waals surface area (Å²) in [6.07, 6.45) is 5.12. The van der Waals surface area contributed by atoms with Gasteiger partial charge >= 0.3 is 0 Å². The van der Waals surface area contributed by atoms with Crippen LogP contribution in [0.2, 0.25) is 0 Å². The summed E-state index contributed by atoms with van der Waals surface area (Å²) in [4.78, 5) is 2.27. The van der Waals surface area contributed by atoms with Crippen molar-refractivity contribution in [3.8, 4) is 0 Å². The van der Waals surface area contributed by atoms with Gasteiger partial charge in [-0.15, -0.1) is 0 Å². The second-order valence-electron chi connectivity index (χ2n) is 3.44. The van der Waals surface area contributed by atoms with Gasteiger partial charge in [-0.2, -0.15) is 0 Å². The highest BCUT2D eigenvalue weighted by Crippen LogP contribution is 2.07. The lowest BCUT2D eigenvalue weighted by Gasteiger charge is -2.23. The third-order valence-corrected chi connectivity index (χ3v) is 2.24. The lowest BCUT2D eigenvalue weighted by atomic mass is 10.1. The largest absolute Gasteiger partial charge is 0.378 e. The Kier molecular flexibility index (Phi) is 5.52. The number of nitrogens with zero attached hydrogens (tertiary/aromatic N) is 1. The fourth-order valence-corrected chi connectivity index (χ4v) is 1.04. The molecule has 1 nitrogen and oxygen atoms in total. The van der Waals surface area contributed by atoms with Crippen LogP contribution in [0.4, 0.5) is 0 Å². The van der Waals surface area contributed by atoms with Crippen molar-refractivity contribution in [2.45, 2.75) is 27.2 Å². The highest BCUT2D eigenvalue weighted by Gasteiger charge is 2.03. The molecule has 0 amide bonds. The molecule has 0 fully saturated rings. The van der Waals surface area contributed by atoms with Gasteiger partial charge in [-0.05, 0) is 18.9 Å². The normalized spacial score (nSPS) is 14.2. The lowest BCUT2D eigenvalue weighted by molar-refractivity contribution is 0.342. The Balaban J connectivity index is 3.94. The zero-order chi connectivity index (χ0) is 9.56. The summed E-state index contributed by atoms with van der Waals surface area (Å²) in [5.74, 6) is 0.767. The van der Waals surface area contributed by atoms with Crippen molar-refractivity contribution in [3.05, 3.63) is 24.4 Å². The monoisotopic (exact) mass is 167 g/mol. The molecule has 0 radical (unpaired) electrons. The Morgan fingerprint density at radius 2 is 2.17 bits per heavy atom. The molecule has 0 aromatic rings. The van der Waals surface area contributed by atoms with E-state index in [-0.39, 0.29) is 0 Å². The van der Waals surface area contributed by atoms with E-state index in [2.05, 4.69) is 39.3 Å².